The molecule has 3 rings (SSSR count). The lowest BCUT2D eigenvalue weighted by Crippen LogP contribution is -2.37. The smallest absolute Gasteiger partial charge is 0.192 e. The normalized spacial score (nSPS) is 24.0. The summed E-state index contributed by atoms with van der Waals surface area (Å²) in [6, 6.07) is 7.49. The SMILES string of the molecule is Cc1ccc(C2CN=C(N)N2C2CC2)cc1Br. The molecule has 0 saturated heterocycles. The molecule has 0 spiro atoms. The summed E-state index contributed by atoms with van der Waals surface area (Å²) in [6.45, 7) is 2.89. The van der Waals surface area contributed by atoms with Gasteiger partial charge in [-0.05, 0) is 37.0 Å². The number of nitrogens with zero attached hydrogens (tertiary/aromatic N) is 2. The number of halogens is 1. The van der Waals surface area contributed by atoms with Gasteiger partial charge in [0.2, 0.25) is 0 Å². The molecule has 1 aromatic rings. The lowest BCUT2D eigenvalue weighted by atomic mass is 10.0. The molecule has 3 nitrogen and oxygen atoms in total. The standard InChI is InChI=1S/C13H16BrN3/c1-8-2-3-9(6-11(8)14)12-7-16-13(15)17(12)10-4-5-10/h2-3,6,10,12H,4-5,7H2,1H3,(H2,15,16). The van der Waals surface area contributed by atoms with Gasteiger partial charge in [-0.2, -0.15) is 0 Å². The van der Waals surface area contributed by atoms with Crippen LogP contribution in [0.1, 0.15) is 30.0 Å². The first-order valence-electron chi connectivity index (χ1n) is 6.01. The number of aliphatic imine (C=N–C) groups is 1. The van der Waals surface area contributed by atoms with Crippen molar-refractivity contribution in [3.8, 4) is 0 Å². The second kappa shape index (κ2) is 4.02. The van der Waals surface area contributed by atoms with Crippen LogP contribution in [0, 0.1) is 6.92 Å². The van der Waals surface area contributed by atoms with Gasteiger partial charge < -0.3 is 10.6 Å². The Kier molecular flexibility index (Phi) is 2.62. The lowest BCUT2D eigenvalue weighted by Gasteiger charge is -2.26. The van der Waals surface area contributed by atoms with Crippen molar-refractivity contribution < 1.29 is 0 Å². The van der Waals surface area contributed by atoms with Gasteiger partial charge in [-0.15, -0.1) is 0 Å². The van der Waals surface area contributed by atoms with E-state index in [1.54, 1.807) is 0 Å². The highest BCUT2D eigenvalue weighted by Gasteiger charge is 2.38. The third kappa shape index (κ3) is 1.95. The van der Waals surface area contributed by atoms with Crippen molar-refractivity contribution in [2.75, 3.05) is 6.54 Å². The van der Waals surface area contributed by atoms with Gasteiger partial charge in [0.15, 0.2) is 5.96 Å². The van der Waals surface area contributed by atoms with Crippen molar-refractivity contribution >= 4 is 21.9 Å². The van der Waals surface area contributed by atoms with Gasteiger partial charge in [-0.25, -0.2) is 0 Å². The molecule has 1 aromatic carbocycles. The second-order valence-corrected chi connectivity index (χ2v) is 5.72. The van der Waals surface area contributed by atoms with Gasteiger partial charge in [0, 0.05) is 10.5 Å². The molecule has 0 aromatic heterocycles. The summed E-state index contributed by atoms with van der Waals surface area (Å²) in [4.78, 5) is 6.68. The fourth-order valence-corrected chi connectivity index (χ4v) is 2.78. The Hall–Kier alpha value is -1.03. The van der Waals surface area contributed by atoms with Crippen molar-refractivity contribution in [1.29, 1.82) is 0 Å². The highest BCUT2D eigenvalue weighted by molar-refractivity contribution is 9.10. The molecule has 1 unspecified atom stereocenters. The third-order valence-corrected chi connectivity index (χ3v) is 4.40. The minimum absolute atomic E-state index is 0.333. The van der Waals surface area contributed by atoms with E-state index in [0.29, 0.717) is 18.0 Å². The van der Waals surface area contributed by atoms with Crippen molar-refractivity contribution in [1.82, 2.24) is 4.90 Å². The zero-order valence-electron chi connectivity index (χ0n) is 9.86. The molecule has 0 amide bonds. The fourth-order valence-electron chi connectivity index (χ4n) is 2.39. The maximum absolute atomic E-state index is 5.98. The van der Waals surface area contributed by atoms with E-state index in [2.05, 4.69) is 50.9 Å². The highest BCUT2D eigenvalue weighted by atomic mass is 79.9. The van der Waals surface area contributed by atoms with Crippen LogP contribution in [0.4, 0.5) is 0 Å². The summed E-state index contributed by atoms with van der Waals surface area (Å²) in [5, 5.41) is 0. The van der Waals surface area contributed by atoms with Gasteiger partial charge >= 0.3 is 0 Å². The number of rotatable bonds is 2. The van der Waals surface area contributed by atoms with Gasteiger partial charge in [-0.1, -0.05) is 28.1 Å². The quantitative estimate of drug-likeness (QED) is 0.911. The van der Waals surface area contributed by atoms with Crippen molar-refractivity contribution in [2.45, 2.75) is 31.8 Å². The van der Waals surface area contributed by atoms with E-state index in [9.17, 15) is 0 Å². The largest absolute Gasteiger partial charge is 0.370 e. The molecule has 1 saturated carbocycles. The van der Waals surface area contributed by atoms with Crippen LogP contribution in [0.5, 0.6) is 0 Å². The number of hydrogen-bond acceptors (Lipinski definition) is 3. The predicted molar refractivity (Wildman–Crippen MR) is 73.0 cm³/mol. The maximum Gasteiger partial charge on any atom is 0.192 e. The van der Waals surface area contributed by atoms with Crippen LogP contribution in [0.15, 0.2) is 27.7 Å². The summed E-state index contributed by atoms with van der Waals surface area (Å²) in [5.41, 5.74) is 8.55. The van der Waals surface area contributed by atoms with Crippen LogP contribution in [-0.2, 0) is 0 Å². The molecule has 2 aliphatic rings. The van der Waals surface area contributed by atoms with Gasteiger partial charge in [0.25, 0.3) is 0 Å². The highest BCUT2D eigenvalue weighted by Crippen LogP contribution is 2.37. The fraction of sp³-hybridized carbons (Fsp3) is 0.462. The summed E-state index contributed by atoms with van der Waals surface area (Å²) < 4.78 is 1.16. The minimum atomic E-state index is 0.333. The van der Waals surface area contributed by atoms with E-state index in [1.165, 1.54) is 24.0 Å². The minimum Gasteiger partial charge on any atom is -0.370 e. The monoisotopic (exact) mass is 293 g/mol. The first kappa shape index (κ1) is 11.1. The molecule has 1 atom stereocenters. The summed E-state index contributed by atoms with van der Waals surface area (Å²) in [7, 11) is 0. The number of guanidine groups is 1. The van der Waals surface area contributed by atoms with Gasteiger partial charge in [0.05, 0.1) is 12.6 Å². The Bertz CT molecular complexity index is 480. The molecule has 0 bridgehead atoms. The van der Waals surface area contributed by atoms with Crippen LogP contribution in [0.2, 0.25) is 0 Å². The number of nitrogens with two attached hydrogens (primary N) is 1. The van der Waals surface area contributed by atoms with Gasteiger partial charge in [0.1, 0.15) is 0 Å². The molecule has 17 heavy (non-hydrogen) atoms. The zero-order chi connectivity index (χ0) is 12.0. The van der Waals surface area contributed by atoms with E-state index < -0.39 is 0 Å². The molecular formula is C13H16BrN3. The van der Waals surface area contributed by atoms with Crippen molar-refractivity contribution in [3.63, 3.8) is 0 Å². The topological polar surface area (TPSA) is 41.6 Å². The molecule has 2 N–H and O–H groups in total. The Balaban J connectivity index is 1.91. The molecule has 4 heteroatoms. The molecular weight excluding hydrogens is 278 g/mol. The average molecular weight is 294 g/mol. The van der Waals surface area contributed by atoms with Gasteiger partial charge in [-0.3, -0.25) is 4.99 Å². The van der Waals surface area contributed by atoms with E-state index in [0.717, 1.165) is 11.0 Å². The number of aryl methyl sites for hydroxylation is 1. The van der Waals surface area contributed by atoms with Crippen LogP contribution < -0.4 is 5.73 Å². The Morgan fingerprint density at radius 3 is 2.82 bits per heavy atom. The van der Waals surface area contributed by atoms with Crippen LogP contribution >= 0.6 is 15.9 Å². The number of hydrogen-bond donors (Lipinski definition) is 1. The lowest BCUT2D eigenvalue weighted by molar-refractivity contribution is 0.338. The predicted octanol–water partition coefficient (Wildman–Crippen LogP) is 2.59. The van der Waals surface area contributed by atoms with Crippen LogP contribution in [-0.4, -0.2) is 23.4 Å². The maximum atomic E-state index is 5.98. The van der Waals surface area contributed by atoms with Crippen LogP contribution in [0.3, 0.4) is 0 Å². The summed E-state index contributed by atoms with van der Waals surface area (Å²) in [5.74, 6) is 0.717. The van der Waals surface area contributed by atoms with E-state index in [4.69, 9.17) is 5.73 Å². The number of benzene rings is 1. The molecule has 1 heterocycles. The van der Waals surface area contributed by atoms with E-state index in [-0.39, 0.29) is 0 Å². The Morgan fingerprint density at radius 1 is 1.41 bits per heavy atom. The molecule has 0 radical (unpaired) electrons. The van der Waals surface area contributed by atoms with Crippen molar-refractivity contribution in [3.05, 3.63) is 33.8 Å². The molecule has 1 aliphatic heterocycles. The zero-order valence-corrected chi connectivity index (χ0v) is 11.4. The average Bonchev–Trinajstić information content (AvgIpc) is 3.06. The summed E-state index contributed by atoms with van der Waals surface area (Å²) in [6.07, 6.45) is 2.50. The third-order valence-electron chi connectivity index (χ3n) is 3.55. The van der Waals surface area contributed by atoms with Crippen LogP contribution in [0.25, 0.3) is 0 Å². The summed E-state index contributed by atoms with van der Waals surface area (Å²) >= 11 is 3.59. The Morgan fingerprint density at radius 2 is 2.18 bits per heavy atom. The van der Waals surface area contributed by atoms with E-state index >= 15 is 0 Å². The van der Waals surface area contributed by atoms with Crippen molar-refractivity contribution in [2.24, 2.45) is 10.7 Å². The molecule has 1 fully saturated rings. The Labute approximate surface area is 110 Å². The molecule has 1 aliphatic carbocycles. The first-order valence-corrected chi connectivity index (χ1v) is 6.80. The second-order valence-electron chi connectivity index (χ2n) is 4.86. The van der Waals surface area contributed by atoms with E-state index in [1.807, 2.05) is 0 Å². The first-order chi connectivity index (χ1) is 8.16. The molecule has 90 valence electrons.